The summed E-state index contributed by atoms with van der Waals surface area (Å²) in [6.45, 7) is -0.493. The molecule has 0 aliphatic carbocycles. The minimum atomic E-state index is -2.87. The zero-order chi connectivity index (χ0) is 17.8. The molecule has 0 radical (unpaired) electrons. The van der Waals surface area contributed by atoms with Crippen molar-refractivity contribution >= 4 is 10.9 Å². The largest absolute Gasteiger partial charge is 0.480 e. The van der Waals surface area contributed by atoms with Gasteiger partial charge in [-0.2, -0.15) is 8.78 Å². The van der Waals surface area contributed by atoms with Gasteiger partial charge in [0.2, 0.25) is 11.8 Å². The summed E-state index contributed by atoms with van der Waals surface area (Å²) in [5, 5.41) is 0.812. The van der Waals surface area contributed by atoms with Crippen molar-refractivity contribution in [2.75, 3.05) is 13.7 Å². The highest BCUT2D eigenvalue weighted by Crippen LogP contribution is 2.36. The molecule has 3 rings (SSSR count). The van der Waals surface area contributed by atoms with Crippen LogP contribution in [0.4, 0.5) is 8.78 Å². The van der Waals surface area contributed by atoms with Gasteiger partial charge in [-0.1, -0.05) is 12.1 Å². The molecule has 0 N–H and O–H groups in total. The van der Waals surface area contributed by atoms with E-state index in [0.29, 0.717) is 29.4 Å². The standard InChI is InChI=1S/C18H16F2N2O3/c1-3-24-14-9-6-12-10-21-17(23-2)15(16(12)22-14)11-4-7-13(8-5-11)25-18(19)20/h4-10,18H,3H2,1-2H3. The Morgan fingerprint density at radius 1 is 1.08 bits per heavy atom. The molecule has 0 bridgehead atoms. The van der Waals surface area contributed by atoms with Gasteiger partial charge in [0.15, 0.2) is 0 Å². The number of methoxy groups -OCH3 is 1. The van der Waals surface area contributed by atoms with Crippen LogP contribution < -0.4 is 14.2 Å². The van der Waals surface area contributed by atoms with E-state index in [1.54, 1.807) is 24.4 Å². The summed E-state index contributed by atoms with van der Waals surface area (Å²) >= 11 is 0. The number of hydrogen-bond acceptors (Lipinski definition) is 5. The first kappa shape index (κ1) is 16.9. The van der Waals surface area contributed by atoms with Gasteiger partial charge in [0.1, 0.15) is 5.75 Å². The quantitative estimate of drug-likeness (QED) is 0.666. The van der Waals surface area contributed by atoms with Gasteiger partial charge in [-0.25, -0.2) is 9.97 Å². The minimum absolute atomic E-state index is 0.0777. The predicted octanol–water partition coefficient (Wildman–Crippen LogP) is 4.31. The Bertz CT molecular complexity index is 870. The number of rotatable bonds is 6. The van der Waals surface area contributed by atoms with Crippen LogP contribution >= 0.6 is 0 Å². The topological polar surface area (TPSA) is 53.5 Å². The lowest BCUT2D eigenvalue weighted by Crippen LogP contribution is -2.01. The summed E-state index contributed by atoms with van der Waals surface area (Å²) in [7, 11) is 1.51. The fourth-order valence-electron chi connectivity index (χ4n) is 2.50. The molecule has 0 aliphatic heterocycles. The molecule has 7 heteroatoms. The Morgan fingerprint density at radius 2 is 1.84 bits per heavy atom. The van der Waals surface area contributed by atoms with E-state index in [9.17, 15) is 8.78 Å². The Labute approximate surface area is 143 Å². The first-order valence-corrected chi connectivity index (χ1v) is 7.64. The zero-order valence-electron chi connectivity index (χ0n) is 13.7. The van der Waals surface area contributed by atoms with Crippen molar-refractivity contribution in [1.29, 1.82) is 0 Å². The fraction of sp³-hybridized carbons (Fsp3) is 0.222. The van der Waals surface area contributed by atoms with Crippen molar-refractivity contribution in [3.63, 3.8) is 0 Å². The second-order valence-electron chi connectivity index (χ2n) is 5.07. The first-order valence-electron chi connectivity index (χ1n) is 7.64. The predicted molar refractivity (Wildman–Crippen MR) is 89.3 cm³/mol. The van der Waals surface area contributed by atoms with Crippen LogP contribution in [0.1, 0.15) is 6.92 Å². The van der Waals surface area contributed by atoms with Crippen LogP contribution in [0.2, 0.25) is 0 Å². The summed E-state index contributed by atoms with van der Waals surface area (Å²) in [5.74, 6) is 0.951. The maximum atomic E-state index is 12.3. The third-order valence-electron chi connectivity index (χ3n) is 3.53. The number of fused-ring (bicyclic) bond motifs is 1. The Morgan fingerprint density at radius 3 is 2.48 bits per heavy atom. The van der Waals surface area contributed by atoms with Crippen LogP contribution in [-0.4, -0.2) is 30.3 Å². The Hall–Kier alpha value is -2.96. The lowest BCUT2D eigenvalue weighted by atomic mass is 10.0. The molecule has 130 valence electrons. The second kappa shape index (κ2) is 7.29. The molecule has 3 aromatic rings. The number of pyridine rings is 2. The second-order valence-corrected chi connectivity index (χ2v) is 5.07. The van der Waals surface area contributed by atoms with Crippen LogP contribution in [0.25, 0.3) is 22.0 Å². The van der Waals surface area contributed by atoms with Crippen molar-refractivity contribution in [3.8, 4) is 28.6 Å². The molecular formula is C18H16F2N2O3. The van der Waals surface area contributed by atoms with E-state index in [4.69, 9.17) is 9.47 Å². The molecule has 2 heterocycles. The molecular weight excluding hydrogens is 330 g/mol. The van der Waals surface area contributed by atoms with Crippen LogP contribution in [0.5, 0.6) is 17.5 Å². The molecule has 0 saturated carbocycles. The van der Waals surface area contributed by atoms with Gasteiger partial charge >= 0.3 is 6.61 Å². The monoisotopic (exact) mass is 346 g/mol. The van der Waals surface area contributed by atoms with Crippen LogP contribution in [0.15, 0.2) is 42.6 Å². The van der Waals surface area contributed by atoms with Crippen molar-refractivity contribution < 1.29 is 23.0 Å². The van der Waals surface area contributed by atoms with Crippen LogP contribution in [0, 0.1) is 0 Å². The van der Waals surface area contributed by atoms with Gasteiger partial charge in [-0.15, -0.1) is 0 Å². The zero-order valence-corrected chi connectivity index (χ0v) is 13.7. The maximum absolute atomic E-state index is 12.3. The molecule has 0 amide bonds. The van der Waals surface area contributed by atoms with Crippen LogP contribution in [0.3, 0.4) is 0 Å². The molecule has 25 heavy (non-hydrogen) atoms. The first-order chi connectivity index (χ1) is 12.1. The van der Waals surface area contributed by atoms with Crippen molar-refractivity contribution in [1.82, 2.24) is 9.97 Å². The van der Waals surface area contributed by atoms with Crippen molar-refractivity contribution in [3.05, 3.63) is 42.6 Å². The van der Waals surface area contributed by atoms with E-state index in [1.165, 1.54) is 19.2 Å². The summed E-state index contributed by atoms with van der Waals surface area (Å²) in [5.41, 5.74) is 2.03. The normalized spacial score (nSPS) is 10.9. The summed E-state index contributed by atoms with van der Waals surface area (Å²) in [6.07, 6.45) is 1.66. The van der Waals surface area contributed by atoms with Gasteiger partial charge < -0.3 is 14.2 Å². The number of nitrogens with zero attached hydrogens (tertiary/aromatic N) is 2. The van der Waals surface area contributed by atoms with Gasteiger partial charge in [-0.3, -0.25) is 0 Å². The molecule has 1 aromatic carbocycles. The molecule has 0 aliphatic rings. The van der Waals surface area contributed by atoms with E-state index in [-0.39, 0.29) is 5.75 Å². The highest BCUT2D eigenvalue weighted by Gasteiger charge is 2.15. The lowest BCUT2D eigenvalue weighted by molar-refractivity contribution is -0.0498. The molecule has 0 spiro atoms. The van der Waals surface area contributed by atoms with Crippen LogP contribution in [-0.2, 0) is 0 Å². The third kappa shape index (κ3) is 3.60. The third-order valence-corrected chi connectivity index (χ3v) is 3.53. The minimum Gasteiger partial charge on any atom is -0.480 e. The molecule has 5 nitrogen and oxygen atoms in total. The molecule has 2 aromatic heterocycles. The molecule has 0 unspecified atom stereocenters. The highest BCUT2D eigenvalue weighted by atomic mass is 19.3. The number of benzene rings is 1. The average molecular weight is 346 g/mol. The van der Waals surface area contributed by atoms with E-state index in [1.807, 2.05) is 13.0 Å². The lowest BCUT2D eigenvalue weighted by Gasteiger charge is -2.12. The number of ether oxygens (including phenoxy) is 3. The van der Waals surface area contributed by atoms with Gasteiger partial charge in [0.25, 0.3) is 0 Å². The van der Waals surface area contributed by atoms with Crippen molar-refractivity contribution in [2.24, 2.45) is 0 Å². The number of hydrogen-bond donors (Lipinski definition) is 0. The number of alkyl halides is 2. The van der Waals surface area contributed by atoms with E-state index < -0.39 is 6.61 Å². The Kier molecular flexibility index (Phi) is 4.92. The fourth-order valence-corrected chi connectivity index (χ4v) is 2.50. The summed E-state index contributed by atoms with van der Waals surface area (Å²) in [6, 6.07) is 9.87. The SMILES string of the molecule is CCOc1ccc2cnc(OC)c(-c3ccc(OC(F)F)cc3)c2n1. The summed E-state index contributed by atoms with van der Waals surface area (Å²) < 4.78 is 39.8. The van der Waals surface area contributed by atoms with E-state index in [0.717, 1.165) is 10.9 Å². The Balaban J connectivity index is 2.13. The maximum Gasteiger partial charge on any atom is 0.387 e. The number of halogens is 2. The highest BCUT2D eigenvalue weighted by molar-refractivity contribution is 5.95. The van der Waals surface area contributed by atoms with Gasteiger partial charge in [0, 0.05) is 17.6 Å². The smallest absolute Gasteiger partial charge is 0.387 e. The van der Waals surface area contributed by atoms with E-state index in [2.05, 4.69) is 14.7 Å². The van der Waals surface area contributed by atoms with Gasteiger partial charge in [-0.05, 0) is 30.7 Å². The molecule has 0 fully saturated rings. The summed E-state index contributed by atoms with van der Waals surface area (Å²) in [4.78, 5) is 8.82. The molecule has 0 atom stereocenters. The van der Waals surface area contributed by atoms with E-state index >= 15 is 0 Å². The van der Waals surface area contributed by atoms with Gasteiger partial charge in [0.05, 0.1) is 24.8 Å². The molecule has 0 saturated heterocycles. The average Bonchev–Trinajstić information content (AvgIpc) is 2.61. The van der Waals surface area contributed by atoms with Crippen molar-refractivity contribution in [2.45, 2.75) is 13.5 Å². The number of aromatic nitrogens is 2.